The molecule has 2 heterocycles. The fraction of sp³-hybridized carbons (Fsp3) is 0.600. The molecule has 0 aliphatic carbocycles. The highest BCUT2D eigenvalue weighted by Gasteiger charge is 2.16. The summed E-state index contributed by atoms with van der Waals surface area (Å²) in [6, 6.07) is 1.97. The predicted octanol–water partition coefficient (Wildman–Crippen LogP) is 3.59. The summed E-state index contributed by atoms with van der Waals surface area (Å²) >= 11 is 1.54. The summed E-state index contributed by atoms with van der Waals surface area (Å²) in [5.74, 6) is 0.580. The molecule has 2 rings (SSSR count). The molecule has 0 fully saturated rings. The van der Waals surface area contributed by atoms with E-state index in [0.29, 0.717) is 5.92 Å². The Morgan fingerprint density at radius 3 is 2.90 bits per heavy atom. The van der Waals surface area contributed by atoms with Gasteiger partial charge in [-0.15, -0.1) is 11.3 Å². The van der Waals surface area contributed by atoms with Crippen molar-refractivity contribution >= 4 is 27.5 Å². The number of nitrogens with zero attached hydrogens (tertiary/aromatic N) is 2. The van der Waals surface area contributed by atoms with Gasteiger partial charge >= 0.3 is 0 Å². The predicted molar refractivity (Wildman–Crippen MR) is 84.4 cm³/mol. The number of carbonyl (C=O) groups is 1. The van der Waals surface area contributed by atoms with Crippen molar-refractivity contribution < 1.29 is 4.79 Å². The molecule has 0 saturated carbocycles. The smallest absolute Gasteiger partial charge is 0.261 e. The van der Waals surface area contributed by atoms with Crippen LogP contribution in [0, 0.1) is 12.8 Å². The SMILES string of the molecule is CCCCNC(=O)c1cc2c(C)nn(CC(C)C)c2s1. The monoisotopic (exact) mass is 293 g/mol. The molecule has 5 heteroatoms. The summed E-state index contributed by atoms with van der Waals surface area (Å²) < 4.78 is 2.03. The molecule has 2 aromatic rings. The second kappa shape index (κ2) is 6.39. The average Bonchev–Trinajstić information content (AvgIpc) is 2.92. The van der Waals surface area contributed by atoms with Crippen molar-refractivity contribution in [1.82, 2.24) is 15.1 Å². The van der Waals surface area contributed by atoms with Crippen molar-refractivity contribution in [2.45, 2.75) is 47.1 Å². The number of hydrogen-bond acceptors (Lipinski definition) is 3. The van der Waals surface area contributed by atoms with E-state index in [9.17, 15) is 4.79 Å². The van der Waals surface area contributed by atoms with Crippen LogP contribution in [0.3, 0.4) is 0 Å². The summed E-state index contributed by atoms with van der Waals surface area (Å²) in [7, 11) is 0. The van der Waals surface area contributed by atoms with Gasteiger partial charge in [0.2, 0.25) is 0 Å². The molecule has 0 aliphatic rings. The topological polar surface area (TPSA) is 46.9 Å². The summed E-state index contributed by atoms with van der Waals surface area (Å²) in [6.07, 6.45) is 2.12. The van der Waals surface area contributed by atoms with E-state index < -0.39 is 0 Å². The molecule has 0 unspecified atom stereocenters. The third kappa shape index (κ3) is 3.20. The molecule has 20 heavy (non-hydrogen) atoms. The first-order valence-corrected chi connectivity index (χ1v) is 8.09. The van der Waals surface area contributed by atoms with E-state index in [2.05, 4.69) is 31.2 Å². The number of aromatic nitrogens is 2. The molecule has 4 nitrogen and oxygen atoms in total. The summed E-state index contributed by atoms with van der Waals surface area (Å²) in [6.45, 7) is 10.1. The van der Waals surface area contributed by atoms with Crippen LogP contribution >= 0.6 is 11.3 Å². The van der Waals surface area contributed by atoms with E-state index in [1.165, 1.54) is 0 Å². The molecular weight excluding hydrogens is 270 g/mol. The van der Waals surface area contributed by atoms with E-state index in [-0.39, 0.29) is 5.91 Å². The molecule has 2 aromatic heterocycles. The van der Waals surface area contributed by atoms with Crippen molar-refractivity contribution in [2.75, 3.05) is 6.54 Å². The summed E-state index contributed by atoms with van der Waals surface area (Å²) in [5.41, 5.74) is 1.00. The van der Waals surface area contributed by atoms with Gasteiger partial charge in [0.15, 0.2) is 0 Å². The van der Waals surface area contributed by atoms with Gasteiger partial charge in [-0.1, -0.05) is 27.2 Å². The number of aryl methyl sites for hydroxylation is 1. The summed E-state index contributed by atoms with van der Waals surface area (Å²) in [4.78, 5) is 14.0. The summed E-state index contributed by atoms with van der Waals surface area (Å²) in [5, 5.41) is 8.64. The maximum atomic E-state index is 12.1. The number of thiophene rings is 1. The minimum atomic E-state index is 0.0372. The minimum absolute atomic E-state index is 0.0372. The lowest BCUT2D eigenvalue weighted by molar-refractivity contribution is 0.0957. The standard InChI is InChI=1S/C15H23N3OS/c1-5-6-7-16-14(19)13-8-12-11(4)17-18(9-10(2)3)15(12)20-13/h8,10H,5-7,9H2,1-4H3,(H,16,19). The minimum Gasteiger partial charge on any atom is -0.351 e. The molecule has 0 bridgehead atoms. The molecular formula is C15H23N3OS. The third-order valence-electron chi connectivity index (χ3n) is 3.19. The van der Waals surface area contributed by atoms with Gasteiger partial charge in [0, 0.05) is 18.5 Å². The Hall–Kier alpha value is -1.36. The Kier molecular flexibility index (Phi) is 4.81. The number of carbonyl (C=O) groups excluding carboxylic acids is 1. The Bertz CT molecular complexity index is 598. The number of fused-ring (bicyclic) bond motifs is 1. The van der Waals surface area contributed by atoms with Crippen LogP contribution < -0.4 is 5.32 Å². The van der Waals surface area contributed by atoms with Crippen LogP contribution in [0.4, 0.5) is 0 Å². The fourth-order valence-electron chi connectivity index (χ4n) is 2.16. The number of unbranched alkanes of at least 4 members (excludes halogenated alkanes) is 1. The van der Waals surface area contributed by atoms with Crippen molar-refractivity contribution in [3.63, 3.8) is 0 Å². The second-order valence-electron chi connectivity index (χ2n) is 5.60. The zero-order valence-electron chi connectivity index (χ0n) is 12.7. The van der Waals surface area contributed by atoms with Gasteiger partial charge in [0.25, 0.3) is 5.91 Å². The molecule has 0 saturated heterocycles. The number of hydrogen-bond donors (Lipinski definition) is 1. The van der Waals surface area contributed by atoms with E-state index in [4.69, 9.17) is 0 Å². The van der Waals surface area contributed by atoms with Gasteiger partial charge in [-0.25, -0.2) is 0 Å². The van der Waals surface area contributed by atoms with Crippen molar-refractivity contribution in [2.24, 2.45) is 5.92 Å². The van der Waals surface area contributed by atoms with Crippen LogP contribution in [0.5, 0.6) is 0 Å². The zero-order chi connectivity index (χ0) is 14.7. The van der Waals surface area contributed by atoms with Crippen LogP contribution in [0.2, 0.25) is 0 Å². The molecule has 0 atom stereocenters. The van der Waals surface area contributed by atoms with E-state index in [0.717, 1.165) is 46.7 Å². The average molecular weight is 293 g/mol. The second-order valence-corrected chi connectivity index (χ2v) is 6.63. The third-order valence-corrected chi connectivity index (χ3v) is 4.33. The molecule has 0 spiro atoms. The maximum absolute atomic E-state index is 12.1. The molecule has 110 valence electrons. The fourth-order valence-corrected chi connectivity index (χ4v) is 3.25. The Balaban J connectivity index is 2.22. The highest BCUT2D eigenvalue weighted by atomic mass is 32.1. The normalized spacial score (nSPS) is 11.4. The van der Waals surface area contributed by atoms with Crippen LogP contribution in [0.25, 0.3) is 10.2 Å². The molecule has 0 aromatic carbocycles. The first-order chi connectivity index (χ1) is 9.52. The van der Waals surface area contributed by atoms with Gasteiger partial charge in [0.05, 0.1) is 10.6 Å². The first kappa shape index (κ1) is 15.0. The lowest BCUT2D eigenvalue weighted by Gasteiger charge is -2.05. The largest absolute Gasteiger partial charge is 0.351 e. The van der Waals surface area contributed by atoms with Gasteiger partial charge in [-0.2, -0.15) is 5.10 Å². The Labute approximate surface area is 124 Å². The zero-order valence-corrected chi connectivity index (χ0v) is 13.5. The number of rotatable bonds is 6. The quantitative estimate of drug-likeness (QED) is 0.827. The molecule has 0 aliphatic heterocycles. The van der Waals surface area contributed by atoms with Crippen molar-refractivity contribution in [3.05, 3.63) is 16.6 Å². The Morgan fingerprint density at radius 1 is 1.50 bits per heavy atom. The van der Waals surface area contributed by atoms with Crippen LogP contribution in [-0.2, 0) is 6.54 Å². The molecule has 1 amide bonds. The lowest BCUT2D eigenvalue weighted by atomic mass is 10.2. The highest BCUT2D eigenvalue weighted by Crippen LogP contribution is 2.28. The number of amides is 1. The molecule has 1 N–H and O–H groups in total. The van der Waals surface area contributed by atoms with Crippen molar-refractivity contribution in [3.8, 4) is 0 Å². The van der Waals surface area contributed by atoms with Crippen LogP contribution in [0.1, 0.15) is 49.0 Å². The highest BCUT2D eigenvalue weighted by molar-refractivity contribution is 7.20. The van der Waals surface area contributed by atoms with Gasteiger partial charge in [-0.3, -0.25) is 9.48 Å². The van der Waals surface area contributed by atoms with Gasteiger partial charge < -0.3 is 5.32 Å². The van der Waals surface area contributed by atoms with Crippen molar-refractivity contribution in [1.29, 1.82) is 0 Å². The Morgan fingerprint density at radius 2 is 2.25 bits per heavy atom. The first-order valence-electron chi connectivity index (χ1n) is 7.28. The van der Waals surface area contributed by atoms with Gasteiger partial charge in [0.1, 0.15) is 4.83 Å². The molecule has 0 radical (unpaired) electrons. The van der Waals surface area contributed by atoms with E-state index >= 15 is 0 Å². The maximum Gasteiger partial charge on any atom is 0.261 e. The van der Waals surface area contributed by atoms with E-state index in [1.54, 1.807) is 11.3 Å². The van der Waals surface area contributed by atoms with E-state index in [1.807, 2.05) is 17.7 Å². The van der Waals surface area contributed by atoms with Crippen LogP contribution in [-0.4, -0.2) is 22.2 Å². The van der Waals surface area contributed by atoms with Crippen LogP contribution in [0.15, 0.2) is 6.07 Å². The lowest BCUT2D eigenvalue weighted by Crippen LogP contribution is -2.23. The number of nitrogens with one attached hydrogen (secondary N) is 1. The van der Waals surface area contributed by atoms with Gasteiger partial charge in [-0.05, 0) is 25.3 Å².